The van der Waals surface area contributed by atoms with E-state index in [1.54, 1.807) is 0 Å². The second-order valence-corrected chi connectivity index (χ2v) is 5.08. The van der Waals surface area contributed by atoms with Crippen molar-refractivity contribution in [2.45, 2.75) is 0 Å². The highest BCUT2D eigenvalue weighted by molar-refractivity contribution is 6.42. The fourth-order valence-corrected chi connectivity index (χ4v) is 2.38. The summed E-state index contributed by atoms with van der Waals surface area (Å²) in [5.74, 6) is -0.389. The molecule has 2 rings (SSSR count). The predicted molar refractivity (Wildman–Crippen MR) is 80.5 cm³/mol. The summed E-state index contributed by atoms with van der Waals surface area (Å²) in [5, 5.41) is 5.83. The van der Waals surface area contributed by atoms with E-state index in [4.69, 9.17) is 34.8 Å². The van der Waals surface area contributed by atoms with Crippen LogP contribution in [-0.4, -0.2) is 6.03 Å². The van der Waals surface area contributed by atoms with Gasteiger partial charge in [-0.3, -0.25) is 0 Å². The maximum absolute atomic E-state index is 12.7. The van der Waals surface area contributed by atoms with E-state index in [9.17, 15) is 9.18 Å². The van der Waals surface area contributed by atoms with Crippen molar-refractivity contribution in [2.75, 3.05) is 10.6 Å². The van der Waals surface area contributed by atoms with Crippen molar-refractivity contribution in [3.8, 4) is 0 Å². The molecular weight excluding hydrogens is 326 g/mol. The number of anilines is 2. The number of urea groups is 1. The van der Waals surface area contributed by atoms with Crippen molar-refractivity contribution < 1.29 is 9.18 Å². The van der Waals surface area contributed by atoms with Crippen LogP contribution < -0.4 is 10.6 Å². The SMILES string of the molecule is O=C(Nc1ccc(F)cc1)Nc1c(Cl)cc(Cl)cc1Cl. The van der Waals surface area contributed by atoms with Gasteiger partial charge in [0.1, 0.15) is 5.82 Å². The van der Waals surface area contributed by atoms with Crippen LogP contribution in [0, 0.1) is 5.82 Å². The van der Waals surface area contributed by atoms with Gasteiger partial charge in [-0.25, -0.2) is 9.18 Å². The Morgan fingerprint density at radius 1 is 0.950 bits per heavy atom. The zero-order chi connectivity index (χ0) is 14.7. The van der Waals surface area contributed by atoms with E-state index in [2.05, 4.69) is 10.6 Å². The monoisotopic (exact) mass is 332 g/mol. The molecule has 0 fully saturated rings. The Labute approximate surface area is 129 Å². The summed E-state index contributed by atoms with van der Waals surface area (Å²) in [6.45, 7) is 0. The van der Waals surface area contributed by atoms with Crippen LogP contribution in [0.2, 0.25) is 15.1 Å². The van der Waals surface area contributed by atoms with Gasteiger partial charge in [-0.1, -0.05) is 34.8 Å². The van der Waals surface area contributed by atoms with Crippen LogP contribution >= 0.6 is 34.8 Å². The first kappa shape index (κ1) is 14.9. The van der Waals surface area contributed by atoms with Gasteiger partial charge < -0.3 is 10.6 Å². The van der Waals surface area contributed by atoms with Crippen molar-refractivity contribution in [3.63, 3.8) is 0 Å². The number of amides is 2. The van der Waals surface area contributed by atoms with Crippen LogP contribution in [0.15, 0.2) is 36.4 Å². The van der Waals surface area contributed by atoms with Crippen LogP contribution in [0.3, 0.4) is 0 Å². The third kappa shape index (κ3) is 3.76. The Kier molecular flexibility index (Phi) is 4.70. The van der Waals surface area contributed by atoms with Gasteiger partial charge in [-0.2, -0.15) is 0 Å². The molecular formula is C13H8Cl3FN2O. The van der Waals surface area contributed by atoms with Crippen molar-refractivity contribution in [1.29, 1.82) is 0 Å². The second-order valence-electron chi connectivity index (χ2n) is 3.83. The molecule has 0 aliphatic rings. The van der Waals surface area contributed by atoms with Gasteiger partial charge in [0.2, 0.25) is 0 Å². The Balaban J connectivity index is 2.10. The van der Waals surface area contributed by atoms with E-state index in [0.29, 0.717) is 10.7 Å². The number of hydrogen-bond acceptors (Lipinski definition) is 1. The lowest BCUT2D eigenvalue weighted by molar-refractivity contribution is 0.262. The van der Waals surface area contributed by atoms with E-state index < -0.39 is 6.03 Å². The number of carbonyl (C=O) groups is 1. The fraction of sp³-hybridized carbons (Fsp3) is 0. The van der Waals surface area contributed by atoms with E-state index in [0.717, 1.165) is 0 Å². The molecule has 0 saturated heterocycles. The molecule has 20 heavy (non-hydrogen) atoms. The van der Waals surface area contributed by atoms with E-state index in [-0.39, 0.29) is 21.5 Å². The number of carbonyl (C=O) groups excluding carboxylic acids is 1. The molecule has 0 aromatic heterocycles. The van der Waals surface area contributed by atoms with Gasteiger partial charge in [0.05, 0.1) is 15.7 Å². The average Bonchev–Trinajstić information content (AvgIpc) is 2.36. The summed E-state index contributed by atoms with van der Waals surface area (Å²) in [5.41, 5.74) is 0.683. The summed E-state index contributed by atoms with van der Waals surface area (Å²) < 4.78 is 12.7. The van der Waals surface area contributed by atoms with Crippen LogP contribution in [0.5, 0.6) is 0 Å². The Bertz CT molecular complexity index is 624. The molecule has 2 amide bonds. The molecule has 104 valence electrons. The van der Waals surface area contributed by atoms with Crippen molar-refractivity contribution in [2.24, 2.45) is 0 Å². The fourth-order valence-electron chi connectivity index (χ4n) is 1.47. The quantitative estimate of drug-likeness (QED) is 0.756. The molecule has 2 aromatic rings. The first-order chi connectivity index (χ1) is 9.45. The van der Waals surface area contributed by atoms with E-state index >= 15 is 0 Å². The first-order valence-corrected chi connectivity index (χ1v) is 6.57. The zero-order valence-electron chi connectivity index (χ0n) is 9.88. The summed E-state index contributed by atoms with van der Waals surface area (Å²) >= 11 is 17.7. The summed E-state index contributed by atoms with van der Waals surface area (Å²) in [7, 11) is 0. The molecule has 3 nitrogen and oxygen atoms in total. The van der Waals surface area contributed by atoms with Crippen molar-refractivity contribution in [1.82, 2.24) is 0 Å². The van der Waals surface area contributed by atoms with Gasteiger partial charge in [-0.15, -0.1) is 0 Å². The molecule has 7 heteroatoms. The molecule has 2 aromatic carbocycles. The Morgan fingerprint density at radius 2 is 1.50 bits per heavy atom. The highest BCUT2D eigenvalue weighted by Crippen LogP contribution is 2.33. The largest absolute Gasteiger partial charge is 0.323 e. The van der Waals surface area contributed by atoms with Crippen LogP contribution in [0.25, 0.3) is 0 Å². The lowest BCUT2D eigenvalue weighted by Gasteiger charge is -2.11. The molecule has 0 unspecified atom stereocenters. The van der Waals surface area contributed by atoms with Gasteiger partial charge >= 0.3 is 6.03 Å². The maximum atomic E-state index is 12.7. The topological polar surface area (TPSA) is 41.1 Å². The molecule has 0 heterocycles. The van der Waals surface area contributed by atoms with Gasteiger partial charge in [-0.05, 0) is 36.4 Å². The Hall–Kier alpha value is -1.49. The van der Waals surface area contributed by atoms with Gasteiger partial charge in [0.25, 0.3) is 0 Å². The predicted octanol–water partition coefficient (Wildman–Crippen LogP) is 5.43. The van der Waals surface area contributed by atoms with E-state index in [1.807, 2.05) is 0 Å². The molecule has 2 N–H and O–H groups in total. The molecule has 0 radical (unpaired) electrons. The zero-order valence-corrected chi connectivity index (χ0v) is 12.2. The summed E-state index contributed by atoms with van der Waals surface area (Å²) in [4.78, 5) is 11.8. The number of nitrogens with one attached hydrogen (secondary N) is 2. The minimum Gasteiger partial charge on any atom is -0.308 e. The van der Waals surface area contributed by atoms with Crippen LogP contribution in [-0.2, 0) is 0 Å². The molecule has 0 aliphatic carbocycles. The summed E-state index contributed by atoms with van der Waals surface area (Å²) in [6.07, 6.45) is 0. The highest BCUT2D eigenvalue weighted by Gasteiger charge is 2.11. The number of hydrogen-bond donors (Lipinski definition) is 2. The minimum absolute atomic E-state index is 0.219. The highest BCUT2D eigenvalue weighted by atomic mass is 35.5. The number of benzene rings is 2. The van der Waals surface area contributed by atoms with Gasteiger partial charge in [0, 0.05) is 10.7 Å². The third-order valence-electron chi connectivity index (χ3n) is 2.35. The summed E-state index contributed by atoms with van der Waals surface area (Å²) in [6, 6.07) is 7.70. The molecule has 0 aliphatic heterocycles. The van der Waals surface area contributed by atoms with Crippen molar-refractivity contribution >= 4 is 52.2 Å². The smallest absolute Gasteiger partial charge is 0.308 e. The number of halogens is 4. The second kappa shape index (κ2) is 6.31. The minimum atomic E-state index is -0.553. The standard InChI is InChI=1S/C13H8Cl3FN2O/c14-7-5-10(15)12(11(16)6-7)19-13(20)18-9-3-1-8(17)2-4-9/h1-6H,(H2,18,19,20). The lowest BCUT2D eigenvalue weighted by Crippen LogP contribution is -2.19. The van der Waals surface area contributed by atoms with Crippen molar-refractivity contribution in [3.05, 3.63) is 57.3 Å². The van der Waals surface area contributed by atoms with Gasteiger partial charge in [0.15, 0.2) is 0 Å². The number of rotatable bonds is 2. The molecule has 0 saturated carbocycles. The normalized spacial score (nSPS) is 10.2. The Morgan fingerprint density at radius 3 is 2.05 bits per heavy atom. The lowest BCUT2D eigenvalue weighted by atomic mass is 10.3. The molecule has 0 atom stereocenters. The molecule has 0 spiro atoms. The van der Waals surface area contributed by atoms with E-state index in [1.165, 1.54) is 36.4 Å². The first-order valence-electron chi connectivity index (χ1n) is 5.44. The molecule has 0 bridgehead atoms. The average molecular weight is 334 g/mol. The third-order valence-corrected chi connectivity index (χ3v) is 3.16. The van der Waals surface area contributed by atoms with Crippen LogP contribution in [0.1, 0.15) is 0 Å². The maximum Gasteiger partial charge on any atom is 0.323 e. The van der Waals surface area contributed by atoms with Crippen LogP contribution in [0.4, 0.5) is 20.6 Å².